The Morgan fingerprint density at radius 2 is 2.23 bits per heavy atom. The molecule has 1 aromatic carbocycles. The molecule has 70 valence electrons. The van der Waals surface area contributed by atoms with Crippen molar-refractivity contribution in [1.29, 1.82) is 0 Å². The van der Waals surface area contributed by atoms with Crippen LogP contribution in [0.15, 0.2) is 24.3 Å². The van der Waals surface area contributed by atoms with Gasteiger partial charge in [-0.05, 0) is 26.0 Å². The number of benzene rings is 1. The lowest BCUT2D eigenvalue weighted by molar-refractivity contribution is 0.456. The third-order valence-electron chi connectivity index (χ3n) is 3.11. The van der Waals surface area contributed by atoms with Crippen LogP contribution in [0.25, 0.3) is 0 Å². The van der Waals surface area contributed by atoms with Gasteiger partial charge in [-0.1, -0.05) is 36.8 Å². The highest BCUT2D eigenvalue weighted by molar-refractivity contribution is 5.33. The minimum atomic E-state index is 0.334. The molecule has 1 nitrogen and oxygen atoms in total. The van der Waals surface area contributed by atoms with Gasteiger partial charge in [-0.25, -0.2) is 0 Å². The average Bonchev–Trinajstić information content (AvgIpc) is 2.79. The second-order valence-corrected chi connectivity index (χ2v) is 4.16. The Morgan fingerprint density at radius 3 is 2.77 bits per heavy atom. The number of aryl methyl sites for hydroxylation is 1. The maximum atomic E-state index is 2.49. The topological polar surface area (TPSA) is 3.01 Å². The van der Waals surface area contributed by atoms with E-state index in [-0.39, 0.29) is 0 Å². The first kappa shape index (κ1) is 8.76. The minimum absolute atomic E-state index is 0.334. The largest absolute Gasteiger partial charge is 0.291 e. The van der Waals surface area contributed by atoms with Crippen LogP contribution in [0.2, 0.25) is 0 Å². The summed E-state index contributed by atoms with van der Waals surface area (Å²) in [6.07, 6.45) is 0. The standard InChI is InChI=1S/C12H17N/c1-4-13-9-12(13,3)11-7-5-6-10(2)8-11/h5-8H,4,9H2,1-3H3. The molecular formula is C12H17N. The van der Waals surface area contributed by atoms with Crippen LogP contribution in [-0.4, -0.2) is 18.0 Å². The molecule has 0 saturated carbocycles. The second kappa shape index (κ2) is 2.85. The minimum Gasteiger partial charge on any atom is -0.291 e. The molecule has 0 bridgehead atoms. The fourth-order valence-electron chi connectivity index (χ4n) is 2.05. The molecule has 1 aliphatic rings. The Morgan fingerprint density at radius 1 is 1.46 bits per heavy atom. The molecule has 2 atom stereocenters. The number of rotatable bonds is 2. The number of likely N-dealkylation sites (N-methyl/N-ethyl adjacent to an activating group) is 1. The highest BCUT2D eigenvalue weighted by atomic mass is 15.3. The molecule has 1 heteroatoms. The summed E-state index contributed by atoms with van der Waals surface area (Å²) < 4.78 is 0. The first-order chi connectivity index (χ1) is 6.16. The monoisotopic (exact) mass is 175 g/mol. The normalized spacial score (nSPS) is 31.8. The summed E-state index contributed by atoms with van der Waals surface area (Å²) in [6.45, 7) is 9.08. The molecule has 0 aromatic heterocycles. The molecule has 1 heterocycles. The predicted octanol–water partition coefficient (Wildman–Crippen LogP) is 2.55. The zero-order valence-electron chi connectivity index (χ0n) is 8.67. The van der Waals surface area contributed by atoms with Crippen LogP contribution >= 0.6 is 0 Å². The van der Waals surface area contributed by atoms with Gasteiger partial charge in [0.1, 0.15) is 0 Å². The molecule has 2 unspecified atom stereocenters. The molecule has 1 aromatic rings. The van der Waals surface area contributed by atoms with Gasteiger partial charge in [-0.2, -0.15) is 0 Å². The summed E-state index contributed by atoms with van der Waals surface area (Å²) in [5.74, 6) is 0. The van der Waals surface area contributed by atoms with Crippen LogP contribution < -0.4 is 0 Å². The quantitative estimate of drug-likeness (QED) is 0.624. The van der Waals surface area contributed by atoms with E-state index in [1.54, 1.807) is 0 Å². The molecule has 2 rings (SSSR count). The van der Waals surface area contributed by atoms with E-state index in [4.69, 9.17) is 0 Å². The van der Waals surface area contributed by atoms with Crippen molar-refractivity contribution in [2.45, 2.75) is 26.3 Å². The van der Waals surface area contributed by atoms with E-state index in [0.29, 0.717) is 5.54 Å². The van der Waals surface area contributed by atoms with Crippen LogP contribution in [0, 0.1) is 6.92 Å². The predicted molar refractivity (Wildman–Crippen MR) is 55.8 cm³/mol. The first-order valence-electron chi connectivity index (χ1n) is 4.99. The molecule has 0 aliphatic carbocycles. The summed E-state index contributed by atoms with van der Waals surface area (Å²) >= 11 is 0. The van der Waals surface area contributed by atoms with Crippen LogP contribution in [0.4, 0.5) is 0 Å². The van der Waals surface area contributed by atoms with Crippen molar-refractivity contribution in [2.24, 2.45) is 0 Å². The molecule has 1 aliphatic heterocycles. The summed E-state index contributed by atoms with van der Waals surface area (Å²) in [5, 5.41) is 0. The van der Waals surface area contributed by atoms with Crippen molar-refractivity contribution in [3.63, 3.8) is 0 Å². The zero-order chi connectivity index (χ0) is 9.47. The van der Waals surface area contributed by atoms with Crippen LogP contribution in [0.3, 0.4) is 0 Å². The Bertz CT molecular complexity index is 319. The Balaban J connectivity index is 2.27. The van der Waals surface area contributed by atoms with E-state index in [2.05, 4.69) is 49.9 Å². The highest BCUT2D eigenvalue weighted by Crippen LogP contribution is 2.41. The van der Waals surface area contributed by atoms with Gasteiger partial charge >= 0.3 is 0 Å². The second-order valence-electron chi connectivity index (χ2n) is 4.16. The molecule has 0 radical (unpaired) electrons. The van der Waals surface area contributed by atoms with Crippen molar-refractivity contribution in [1.82, 2.24) is 4.90 Å². The van der Waals surface area contributed by atoms with Crippen molar-refractivity contribution in [3.8, 4) is 0 Å². The van der Waals surface area contributed by atoms with Gasteiger partial charge in [0.15, 0.2) is 0 Å². The summed E-state index contributed by atoms with van der Waals surface area (Å²) in [4.78, 5) is 2.49. The van der Waals surface area contributed by atoms with Crippen LogP contribution in [-0.2, 0) is 5.54 Å². The summed E-state index contributed by atoms with van der Waals surface area (Å²) in [6, 6.07) is 8.85. The van der Waals surface area contributed by atoms with Gasteiger partial charge in [-0.3, -0.25) is 4.90 Å². The molecule has 1 saturated heterocycles. The summed E-state index contributed by atoms with van der Waals surface area (Å²) in [5.41, 5.74) is 3.16. The number of nitrogens with zero attached hydrogens (tertiary/aromatic N) is 1. The lowest BCUT2D eigenvalue weighted by Gasteiger charge is -2.12. The van der Waals surface area contributed by atoms with Crippen molar-refractivity contribution in [3.05, 3.63) is 35.4 Å². The van der Waals surface area contributed by atoms with Gasteiger partial charge in [0.2, 0.25) is 0 Å². The maximum absolute atomic E-state index is 2.49. The van der Waals surface area contributed by atoms with E-state index in [0.717, 1.165) is 6.54 Å². The highest BCUT2D eigenvalue weighted by Gasteiger charge is 2.47. The van der Waals surface area contributed by atoms with Crippen molar-refractivity contribution >= 4 is 0 Å². The summed E-state index contributed by atoms with van der Waals surface area (Å²) in [7, 11) is 0. The Hall–Kier alpha value is -0.820. The van der Waals surface area contributed by atoms with E-state index >= 15 is 0 Å². The third kappa shape index (κ3) is 1.37. The molecule has 0 amide bonds. The molecular weight excluding hydrogens is 158 g/mol. The molecule has 0 spiro atoms. The average molecular weight is 175 g/mol. The lowest BCUT2D eigenvalue weighted by Crippen LogP contribution is -2.11. The van der Waals surface area contributed by atoms with E-state index < -0.39 is 0 Å². The van der Waals surface area contributed by atoms with E-state index in [1.165, 1.54) is 17.7 Å². The maximum Gasteiger partial charge on any atom is 0.0560 e. The van der Waals surface area contributed by atoms with Gasteiger partial charge in [-0.15, -0.1) is 0 Å². The Kier molecular flexibility index (Phi) is 1.92. The molecule has 1 fully saturated rings. The van der Waals surface area contributed by atoms with Crippen LogP contribution in [0.5, 0.6) is 0 Å². The van der Waals surface area contributed by atoms with Gasteiger partial charge < -0.3 is 0 Å². The van der Waals surface area contributed by atoms with E-state index in [1.807, 2.05) is 0 Å². The lowest BCUT2D eigenvalue weighted by atomic mass is 9.99. The van der Waals surface area contributed by atoms with Gasteiger partial charge in [0.25, 0.3) is 0 Å². The molecule has 13 heavy (non-hydrogen) atoms. The fourth-order valence-corrected chi connectivity index (χ4v) is 2.05. The van der Waals surface area contributed by atoms with Crippen molar-refractivity contribution in [2.75, 3.05) is 13.1 Å². The molecule has 0 N–H and O–H groups in total. The SMILES string of the molecule is CCN1CC1(C)c1cccc(C)c1. The van der Waals surface area contributed by atoms with Gasteiger partial charge in [0, 0.05) is 6.54 Å². The van der Waals surface area contributed by atoms with Crippen LogP contribution in [0.1, 0.15) is 25.0 Å². The van der Waals surface area contributed by atoms with E-state index in [9.17, 15) is 0 Å². The number of hydrogen-bond donors (Lipinski definition) is 0. The number of hydrogen-bond acceptors (Lipinski definition) is 1. The zero-order valence-corrected chi connectivity index (χ0v) is 8.67. The van der Waals surface area contributed by atoms with Gasteiger partial charge in [0.05, 0.1) is 5.54 Å². The Labute approximate surface area is 80.4 Å². The fraction of sp³-hybridized carbons (Fsp3) is 0.500. The first-order valence-corrected chi connectivity index (χ1v) is 4.99. The van der Waals surface area contributed by atoms with Crippen molar-refractivity contribution < 1.29 is 0 Å². The smallest absolute Gasteiger partial charge is 0.0560 e. The third-order valence-corrected chi connectivity index (χ3v) is 3.11.